The van der Waals surface area contributed by atoms with Crippen molar-refractivity contribution < 1.29 is 20.1 Å². The smallest absolute Gasteiger partial charge is 0.337 e. The van der Waals surface area contributed by atoms with Gasteiger partial charge in [0.2, 0.25) is 0 Å². The van der Waals surface area contributed by atoms with Crippen molar-refractivity contribution in [3.05, 3.63) is 28.8 Å². The van der Waals surface area contributed by atoms with E-state index in [1.807, 2.05) is 0 Å². The van der Waals surface area contributed by atoms with Gasteiger partial charge in [-0.15, -0.1) is 0 Å². The topological polar surface area (TPSA) is 116 Å². The fraction of sp³-hybridized carbons (Fsp3) is 0.417. The number of hydrogen-bond acceptors (Lipinski definition) is 5. The predicted octanol–water partition coefficient (Wildman–Crippen LogP) is -0.111. The van der Waals surface area contributed by atoms with Gasteiger partial charge in [-0.1, -0.05) is 6.07 Å². The molecule has 0 aromatic heterocycles. The van der Waals surface area contributed by atoms with E-state index in [1.54, 1.807) is 20.0 Å². The summed E-state index contributed by atoms with van der Waals surface area (Å²) in [6.07, 6.45) is -2.28. The van der Waals surface area contributed by atoms with Crippen molar-refractivity contribution in [1.82, 2.24) is 5.32 Å². The number of anilines is 1. The van der Waals surface area contributed by atoms with Crippen LogP contribution in [0.4, 0.5) is 5.69 Å². The molecule has 0 fully saturated rings. The third kappa shape index (κ3) is 2.98. The number of rotatable bonds is 5. The summed E-state index contributed by atoms with van der Waals surface area (Å²) in [5.41, 5.74) is 6.52. The molecule has 1 aromatic rings. The van der Waals surface area contributed by atoms with Crippen LogP contribution in [0, 0.1) is 6.92 Å². The standard InChI is InChI=1S/C12H18N2O4/c1-6-3-7(11(16)9(15)5-14-2)10(13)8(4-6)12(17)18/h3-4,9,11,14-16H,5,13H2,1-2H3,(H,17,18). The van der Waals surface area contributed by atoms with Crippen LogP contribution < -0.4 is 11.1 Å². The highest BCUT2D eigenvalue weighted by Gasteiger charge is 2.23. The van der Waals surface area contributed by atoms with Crippen LogP contribution in [0.25, 0.3) is 0 Å². The van der Waals surface area contributed by atoms with Gasteiger partial charge in [0, 0.05) is 12.1 Å². The minimum Gasteiger partial charge on any atom is -0.478 e. The first-order valence-corrected chi connectivity index (χ1v) is 5.52. The van der Waals surface area contributed by atoms with Crippen LogP contribution in [-0.2, 0) is 0 Å². The number of aliphatic hydroxyl groups excluding tert-OH is 2. The van der Waals surface area contributed by atoms with Gasteiger partial charge in [0.1, 0.15) is 6.10 Å². The molecule has 6 N–H and O–H groups in total. The number of carboxylic acids is 1. The Hall–Kier alpha value is -1.63. The second-order valence-electron chi connectivity index (χ2n) is 4.19. The molecule has 2 unspecified atom stereocenters. The second-order valence-corrected chi connectivity index (χ2v) is 4.19. The molecule has 0 radical (unpaired) electrons. The third-order valence-electron chi connectivity index (χ3n) is 2.68. The number of nitrogen functional groups attached to an aromatic ring is 1. The fourth-order valence-electron chi connectivity index (χ4n) is 1.78. The number of nitrogens with one attached hydrogen (secondary N) is 1. The van der Waals surface area contributed by atoms with Crippen LogP contribution >= 0.6 is 0 Å². The van der Waals surface area contributed by atoms with Crippen LogP contribution in [-0.4, -0.2) is 41.0 Å². The largest absolute Gasteiger partial charge is 0.478 e. The predicted molar refractivity (Wildman–Crippen MR) is 67.4 cm³/mol. The van der Waals surface area contributed by atoms with Crippen LogP contribution in [0.2, 0.25) is 0 Å². The van der Waals surface area contributed by atoms with Crippen LogP contribution in [0.3, 0.4) is 0 Å². The highest BCUT2D eigenvalue weighted by Crippen LogP contribution is 2.28. The second kappa shape index (κ2) is 5.81. The Labute approximate surface area is 105 Å². The van der Waals surface area contributed by atoms with Crippen molar-refractivity contribution in [3.63, 3.8) is 0 Å². The molecule has 6 nitrogen and oxygen atoms in total. The summed E-state index contributed by atoms with van der Waals surface area (Å²) < 4.78 is 0. The number of carbonyl (C=O) groups is 1. The molecule has 0 aliphatic carbocycles. The lowest BCUT2D eigenvalue weighted by Gasteiger charge is -2.20. The molecule has 1 rings (SSSR count). The number of aryl methyl sites for hydroxylation is 1. The molecule has 0 spiro atoms. The molecule has 100 valence electrons. The van der Waals surface area contributed by atoms with Crippen molar-refractivity contribution in [2.75, 3.05) is 19.3 Å². The van der Waals surface area contributed by atoms with Gasteiger partial charge in [-0.05, 0) is 25.6 Å². The van der Waals surface area contributed by atoms with Crippen LogP contribution in [0.1, 0.15) is 27.6 Å². The number of aromatic carboxylic acids is 1. The SMILES string of the molecule is CNCC(O)C(O)c1cc(C)cc(C(=O)O)c1N. The minimum absolute atomic E-state index is 0.0178. The van der Waals surface area contributed by atoms with Gasteiger partial charge in [-0.2, -0.15) is 0 Å². The molecule has 0 aliphatic rings. The molecule has 0 bridgehead atoms. The van der Waals surface area contributed by atoms with Crippen LogP contribution in [0.15, 0.2) is 12.1 Å². The Morgan fingerprint density at radius 1 is 1.44 bits per heavy atom. The molecule has 6 heteroatoms. The number of nitrogens with two attached hydrogens (primary N) is 1. The van der Waals surface area contributed by atoms with Gasteiger partial charge in [-0.3, -0.25) is 0 Å². The van der Waals surface area contributed by atoms with E-state index >= 15 is 0 Å². The first-order valence-electron chi connectivity index (χ1n) is 5.52. The summed E-state index contributed by atoms with van der Waals surface area (Å²) in [6.45, 7) is 1.88. The number of hydrogen-bond donors (Lipinski definition) is 5. The Morgan fingerprint density at radius 3 is 2.56 bits per heavy atom. The molecule has 0 heterocycles. The normalized spacial score (nSPS) is 14.2. The van der Waals surface area contributed by atoms with Crippen molar-refractivity contribution in [2.45, 2.75) is 19.1 Å². The molecule has 0 aliphatic heterocycles. The quantitative estimate of drug-likeness (QED) is 0.468. The third-order valence-corrected chi connectivity index (χ3v) is 2.68. The lowest BCUT2D eigenvalue weighted by Crippen LogP contribution is -2.30. The van der Waals surface area contributed by atoms with E-state index in [1.165, 1.54) is 6.07 Å². The highest BCUT2D eigenvalue weighted by molar-refractivity contribution is 5.94. The van der Waals surface area contributed by atoms with E-state index < -0.39 is 18.2 Å². The number of carboxylic acid groups (broad SMARTS) is 1. The Morgan fingerprint density at radius 2 is 2.06 bits per heavy atom. The van der Waals surface area contributed by atoms with Gasteiger partial charge in [0.05, 0.1) is 17.4 Å². The van der Waals surface area contributed by atoms with E-state index in [2.05, 4.69) is 5.32 Å². The van der Waals surface area contributed by atoms with Gasteiger partial charge in [0.15, 0.2) is 0 Å². The zero-order valence-electron chi connectivity index (χ0n) is 10.3. The molecule has 2 atom stereocenters. The number of benzene rings is 1. The van der Waals surface area contributed by atoms with Crippen LogP contribution in [0.5, 0.6) is 0 Å². The lowest BCUT2D eigenvalue weighted by atomic mass is 9.96. The first-order chi connectivity index (χ1) is 8.38. The Kier molecular flexibility index (Phi) is 4.66. The van der Waals surface area contributed by atoms with Crippen molar-refractivity contribution in [1.29, 1.82) is 0 Å². The zero-order chi connectivity index (χ0) is 13.9. The Balaban J connectivity index is 3.19. The molecule has 0 amide bonds. The summed E-state index contributed by atoms with van der Waals surface area (Å²) >= 11 is 0. The molecular formula is C12H18N2O4. The van der Waals surface area contributed by atoms with E-state index in [0.29, 0.717) is 5.56 Å². The molecular weight excluding hydrogens is 236 g/mol. The first kappa shape index (κ1) is 14.4. The maximum Gasteiger partial charge on any atom is 0.337 e. The van der Waals surface area contributed by atoms with Gasteiger partial charge >= 0.3 is 5.97 Å². The van der Waals surface area contributed by atoms with Gasteiger partial charge in [-0.25, -0.2) is 4.79 Å². The number of aliphatic hydroxyl groups is 2. The average Bonchev–Trinajstić information content (AvgIpc) is 2.30. The molecule has 0 saturated carbocycles. The monoisotopic (exact) mass is 254 g/mol. The average molecular weight is 254 g/mol. The lowest BCUT2D eigenvalue weighted by molar-refractivity contribution is 0.0206. The van der Waals surface area contributed by atoms with Gasteiger partial charge < -0.3 is 26.4 Å². The number of likely N-dealkylation sites (N-methyl/N-ethyl adjacent to an activating group) is 1. The maximum absolute atomic E-state index is 11.0. The fourth-order valence-corrected chi connectivity index (χ4v) is 1.78. The van der Waals surface area contributed by atoms with E-state index in [-0.39, 0.29) is 23.4 Å². The van der Waals surface area contributed by atoms with Crippen molar-refractivity contribution in [2.24, 2.45) is 0 Å². The molecule has 1 aromatic carbocycles. The summed E-state index contributed by atoms with van der Waals surface area (Å²) in [5.74, 6) is -1.16. The maximum atomic E-state index is 11.0. The molecule has 0 saturated heterocycles. The van der Waals surface area contributed by atoms with E-state index in [4.69, 9.17) is 10.8 Å². The highest BCUT2D eigenvalue weighted by atomic mass is 16.4. The van der Waals surface area contributed by atoms with E-state index in [0.717, 1.165) is 0 Å². The summed E-state index contributed by atoms with van der Waals surface area (Å²) in [4.78, 5) is 11.0. The van der Waals surface area contributed by atoms with E-state index in [9.17, 15) is 15.0 Å². The van der Waals surface area contributed by atoms with Gasteiger partial charge in [0.25, 0.3) is 0 Å². The summed E-state index contributed by atoms with van der Waals surface area (Å²) in [5, 5.41) is 31.4. The summed E-state index contributed by atoms with van der Waals surface area (Å²) in [7, 11) is 1.64. The molecule has 18 heavy (non-hydrogen) atoms. The summed E-state index contributed by atoms with van der Waals surface area (Å²) in [6, 6.07) is 3.00. The zero-order valence-corrected chi connectivity index (χ0v) is 10.3. The Bertz CT molecular complexity index is 448. The van der Waals surface area contributed by atoms with Crippen molar-refractivity contribution in [3.8, 4) is 0 Å². The minimum atomic E-state index is -1.23. The van der Waals surface area contributed by atoms with Crippen molar-refractivity contribution >= 4 is 11.7 Å².